The molecule has 0 radical (unpaired) electrons. The highest BCUT2D eigenvalue weighted by Crippen LogP contribution is 2.23. The van der Waals surface area contributed by atoms with E-state index in [-0.39, 0.29) is 30.1 Å². The molecule has 0 saturated carbocycles. The number of nitrogens with zero attached hydrogens (tertiary/aromatic N) is 1. The zero-order valence-electron chi connectivity index (χ0n) is 15.3. The van der Waals surface area contributed by atoms with Crippen LogP contribution in [0.5, 0.6) is 5.75 Å². The Hall–Kier alpha value is -2.87. The van der Waals surface area contributed by atoms with Gasteiger partial charge in [-0.25, -0.2) is 4.39 Å². The average Bonchev–Trinajstić information content (AvgIpc) is 2.60. The molecule has 28 heavy (non-hydrogen) atoms. The highest BCUT2D eigenvalue weighted by molar-refractivity contribution is 5.91. The molecule has 0 aliphatic carbocycles. The van der Waals surface area contributed by atoms with Gasteiger partial charge in [-0.05, 0) is 55.6 Å². The molecule has 2 rings (SSSR count). The van der Waals surface area contributed by atoms with Crippen LogP contribution in [-0.4, -0.2) is 37.8 Å². The van der Waals surface area contributed by atoms with Crippen molar-refractivity contribution in [3.8, 4) is 5.75 Å². The molecule has 1 amide bonds. The fourth-order valence-corrected chi connectivity index (χ4v) is 2.52. The minimum atomic E-state index is -4.75. The Morgan fingerprint density at radius 2 is 1.86 bits per heavy atom. The average molecular weight is 396 g/mol. The van der Waals surface area contributed by atoms with Crippen molar-refractivity contribution in [1.29, 1.82) is 0 Å². The molecule has 8 heteroatoms. The van der Waals surface area contributed by atoms with E-state index < -0.39 is 6.36 Å². The topological polar surface area (TPSA) is 41.6 Å². The number of alkyl halides is 3. The first-order valence-corrected chi connectivity index (χ1v) is 8.37. The predicted octanol–water partition coefficient (Wildman–Crippen LogP) is 4.16. The van der Waals surface area contributed by atoms with Gasteiger partial charge >= 0.3 is 6.36 Å². The zero-order valence-corrected chi connectivity index (χ0v) is 15.3. The first-order valence-electron chi connectivity index (χ1n) is 8.37. The second kappa shape index (κ2) is 9.36. The van der Waals surface area contributed by atoms with Crippen molar-refractivity contribution in [2.45, 2.75) is 12.4 Å². The lowest BCUT2D eigenvalue weighted by Crippen LogP contribution is -2.33. The fourth-order valence-electron chi connectivity index (χ4n) is 2.52. The Bertz CT molecular complexity index is 818. The van der Waals surface area contributed by atoms with E-state index in [0.29, 0.717) is 5.56 Å². The molecule has 0 spiro atoms. The molecular weight excluding hydrogens is 376 g/mol. The van der Waals surface area contributed by atoms with Gasteiger partial charge in [-0.15, -0.1) is 13.2 Å². The third kappa shape index (κ3) is 7.03. The molecule has 4 nitrogen and oxygen atoms in total. The van der Waals surface area contributed by atoms with Gasteiger partial charge in [0.1, 0.15) is 11.6 Å². The SMILES string of the molecule is CN(C)C(CNC(=O)/C=C/c1ccc(OC(F)(F)F)cc1)c1cccc(F)c1. The molecule has 0 saturated heterocycles. The van der Waals surface area contributed by atoms with Crippen molar-refractivity contribution in [3.63, 3.8) is 0 Å². The number of carbonyl (C=O) groups is 1. The van der Waals surface area contributed by atoms with E-state index in [0.717, 1.165) is 17.7 Å². The lowest BCUT2D eigenvalue weighted by molar-refractivity contribution is -0.274. The molecule has 150 valence electrons. The number of amides is 1. The first-order chi connectivity index (χ1) is 13.1. The summed E-state index contributed by atoms with van der Waals surface area (Å²) >= 11 is 0. The van der Waals surface area contributed by atoms with E-state index in [1.807, 2.05) is 19.0 Å². The van der Waals surface area contributed by atoms with Crippen molar-refractivity contribution in [2.75, 3.05) is 20.6 Å². The number of hydrogen-bond donors (Lipinski definition) is 1. The molecule has 0 aliphatic heterocycles. The monoisotopic (exact) mass is 396 g/mol. The molecule has 0 bridgehead atoms. The van der Waals surface area contributed by atoms with Crippen LogP contribution in [0.2, 0.25) is 0 Å². The largest absolute Gasteiger partial charge is 0.573 e. The Morgan fingerprint density at radius 1 is 1.18 bits per heavy atom. The molecule has 0 aliphatic rings. The third-order valence-corrected chi connectivity index (χ3v) is 3.87. The van der Waals surface area contributed by atoms with Crippen LogP contribution in [0, 0.1) is 5.82 Å². The zero-order chi connectivity index (χ0) is 20.7. The van der Waals surface area contributed by atoms with E-state index in [2.05, 4.69) is 10.1 Å². The van der Waals surface area contributed by atoms with E-state index in [1.165, 1.54) is 36.4 Å². The molecule has 0 heterocycles. The predicted molar refractivity (Wildman–Crippen MR) is 98.0 cm³/mol. The highest BCUT2D eigenvalue weighted by atomic mass is 19.4. The van der Waals surface area contributed by atoms with Gasteiger partial charge in [-0.3, -0.25) is 4.79 Å². The fraction of sp³-hybridized carbons (Fsp3) is 0.250. The normalized spacial score (nSPS) is 13.0. The summed E-state index contributed by atoms with van der Waals surface area (Å²) in [6.45, 7) is 0.262. The van der Waals surface area contributed by atoms with Gasteiger partial charge in [0, 0.05) is 12.6 Å². The number of benzene rings is 2. The van der Waals surface area contributed by atoms with Crippen molar-refractivity contribution in [2.24, 2.45) is 0 Å². The van der Waals surface area contributed by atoms with Gasteiger partial charge in [0.25, 0.3) is 0 Å². The molecule has 1 N–H and O–H groups in total. The minimum absolute atomic E-state index is 0.216. The second-order valence-corrected chi connectivity index (χ2v) is 6.23. The maximum absolute atomic E-state index is 13.4. The summed E-state index contributed by atoms with van der Waals surface area (Å²) in [4.78, 5) is 13.9. The Labute approximate surface area is 160 Å². The molecule has 0 aromatic heterocycles. The van der Waals surface area contributed by atoms with Crippen LogP contribution in [0.25, 0.3) is 6.08 Å². The number of halogens is 4. The van der Waals surface area contributed by atoms with E-state index >= 15 is 0 Å². The number of likely N-dealkylation sites (N-methyl/N-ethyl adjacent to an activating group) is 1. The van der Waals surface area contributed by atoms with Crippen molar-refractivity contribution >= 4 is 12.0 Å². The van der Waals surface area contributed by atoms with E-state index in [1.54, 1.807) is 12.1 Å². The second-order valence-electron chi connectivity index (χ2n) is 6.23. The standard InChI is InChI=1S/C20H20F4N2O2/c1-26(2)18(15-4-3-5-16(21)12-15)13-25-19(27)11-8-14-6-9-17(10-7-14)28-20(22,23)24/h3-12,18H,13H2,1-2H3,(H,25,27)/b11-8+. The molecule has 1 atom stereocenters. The van der Waals surface area contributed by atoms with Crippen LogP contribution < -0.4 is 10.1 Å². The maximum atomic E-state index is 13.4. The number of ether oxygens (including phenoxy) is 1. The van der Waals surface area contributed by atoms with Crippen molar-refractivity contribution in [3.05, 3.63) is 71.6 Å². The Balaban J connectivity index is 1.93. The summed E-state index contributed by atoms with van der Waals surface area (Å²) in [5, 5.41) is 2.73. The number of rotatable bonds is 7. The van der Waals surface area contributed by atoms with Crippen LogP contribution in [0.3, 0.4) is 0 Å². The van der Waals surface area contributed by atoms with E-state index in [4.69, 9.17) is 0 Å². The molecular formula is C20H20F4N2O2. The van der Waals surface area contributed by atoms with Crippen molar-refractivity contribution in [1.82, 2.24) is 10.2 Å². The van der Waals surface area contributed by atoms with Gasteiger partial charge < -0.3 is 15.0 Å². The van der Waals surface area contributed by atoms with Gasteiger partial charge in [-0.1, -0.05) is 24.3 Å². The summed E-state index contributed by atoms with van der Waals surface area (Å²) in [7, 11) is 3.64. The molecule has 2 aromatic rings. The first kappa shape index (κ1) is 21.4. The summed E-state index contributed by atoms with van der Waals surface area (Å²) in [5.41, 5.74) is 1.27. The van der Waals surface area contributed by atoms with Crippen LogP contribution >= 0.6 is 0 Å². The lowest BCUT2D eigenvalue weighted by Gasteiger charge is -2.24. The third-order valence-electron chi connectivity index (χ3n) is 3.87. The van der Waals surface area contributed by atoms with Gasteiger partial charge in [0.05, 0.1) is 6.04 Å². The smallest absolute Gasteiger partial charge is 0.406 e. The van der Waals surface area contributed by atoms with Gasteiger partial charge in [-0.2, -0.15) is 0 Å². The maximum Gasteiger partial charge on any atom is 0.573 e. The van der Waals surface area contributed by atoms with Crippen LogP contribution in [-0.2, 0) is 4.79 Å². The molecule has 1 unspecified atom stereocenters. The highest BCUT2D eigenvalue weighted by Gasteiger charge is 2.30. The Morgan fingerprint density at radius 3 is 2.43 bits per heavy atom. The number of nitrogens with one attached hydrogen (secondary N) is 1. The molecule has 0 fully saturated rings. The minimum Gasteiger partial charge on any atom is -0.406 e. The summed E-state index contributed by atoms with van der Waals surface area (Å²) < 4.78 is 53.6. The quantitative estimate of drug-likeness (QED) is 0.565. The van der Waals surface area contributed by atoms with E-state index in [9.17, 15) is 22.4 Å². The van der Waals surface area contributed by atoms with Crippen LogP contribution in [0.15, 0.2) is 54.6 Å². The number of hydrogen-bond acceptors (Lipinski definition) is 3. The lowest BCUT2D eigenvalue weighted by atomic mass is 10.1. The van der Waals surface area contributed by atoms with Crippen LogP contribution in [0.1, 0.15) is 17.2 Å². The summed E-state index contributed by atoms with van der Waals surface area (Å²) in [6, 6.07) is 11.1. The molecule has 2 aromatic carbocycles. The van der Waals surface area contributed by atoms with Gasteiger partial charge in [0.2, 0.25) is 5.91 Å². The summed E-state index contributed by atoms with van der Waals surface area (Å²) in [6.07, 6.45) is -2.00. The van der Waals surface area contributed by atoms with Gasteiger partial charge in [0.15, 0.2) is 0 Å². The van der Waals surface area contributed by atoms with Crippen molar-refractivity contribution < 1.29 is 27.1 Å². The Kier molecular flexibility index (Phi) is 7.17. The summed E-state index contributed by atoms with van der Waals surface area (Å²) in [5.74, 6) is -1.06. The van der Waals surface area contributed by atoms with Crippen LogP contribution in [0.4, 0.5) is 17.6 Å². The number of carbonyl (C=O) groups excluding carboxylic acids is 1.